The normalized spacial score (nSPS) is 16.5. The van der Waals surface area contributed by atoms with Crippen molar-refractivity contribution in [3.63, 3.8) is 0 Å². The van der Waals surface area contributed by atoms with Gasteiger partial charge in [0.15, 0.2) is 0 Å². The lowest BCUT2D eigenvalue weighted by Gasteiger charge is -2.17. The van der Waals surface area contributed by atoms with Crippen molar-refractivity contribution in [2.45, 2.75) is 43.0 Å². The molecule has 0 aromatic carbocycles. The van der Waals surface area contributed by atoms with Crippen LogP contribution in [0.2, 0.25) is 0 Å². The number of likely N-dealkylation sites (N-methyl/N-ethyl adjacent to an activating group) is 1. The van der Waals surface area contributed by atoms with Crippen molar-refractivity contribution in [3.05, 3.63) is 0 Å². The molecule has 0 amide bonds. The van der Waals surface area contributed by atoms with Crippen molar-refractivity contribution in [1.82, 2.24) is 5.32 Å². The second-order valence-electron chi connectivity index (χ2n) is 8.57. The van der Waals surface area contributed by atoms with Crippen LogP contribution in [0.3, 0.4) is 0 Å². The van der Waals surface area contributed by atoms with Crippen LogP contribution in [0, 0.1) is 0 Å². The van der Waals surface area contributed by atoms with Gasteiger partial charge < -0.3 is 69.1 Å². The average Bonchev–Trinajstić information content (AvgIpc) is 2.86. The second-order valence-corrected chi connectivity index (χ2v) is 8.57. The molecule has 0 bridgehead atoms. The van der Waals surface area contributed by atoms with E-state index in [0.717, 1.165) is 0 Å². The zero-order valence-corrected chi connectivity index (χ0v) is 22.3. The Morgan fingerprint density at radius 1 is 0.553 bits per heavy atom. The van der Waals surface area contributed by atoms with E-state index in [-0.39, 0.29) is 85.7 Å². The smallest absolute Gasteiger partial charge is 0.307 e. The van der Waals surface area contributed by atoms with E-state index < -0.39 is 42.6 Å². The van der Waals surface area contributed by atoms with Crippen molar-refractivity contribution < 1.29 is 68.6 Å². The van der Waals surface area contributed by atoms with E-state index in [1.807, 2.05) is 0 Å². The van der Waals surface area contributed by atoms with E-state index in [1.54, 1.807) is 7.05 Å². The van der Waals surface area contributed by atoms with Crippen molar-refractivity contribution in [3.8, 4) is 0 Å². The Bertz CT molecular complexity index is 546. The van der Waals surface area contributed by atoms with Gasteiger partial charge in [-0.15, -0.1) is 0 Å². The third kappa shape index (κ3) is 24.0. The molecular weight excluding hydrogens is 514 g/mol. The third-order valence-corrected chi connectivity index (χ3v) is 4.53. The molecule has 7 N–H and O–H groups in total. The van der Waals surface area contributed by atoms with Crippen LogP contribution in [0.4, 0.5) is 0 Å². The van der Waals surface area contributed by atoms with Gasteiger partial charge >= 0.3 is 5.97 Å². The lowest BCUT2D eigenvalue weighted by atomic mass is 10.3. The molecular formula is C23H47NO14. The van der Waals surface area contributed by atoms with Crippen LogP contribution in [0.15, 0.2) is 0 Å². The first-order valence-corrected chi connectivity index (χ1v) is 12.4. The van der Waals surface area contributed by atoms with Crippen LogP contribution in [-0.4, -0.2) is 173 Å². The van der Waals surface area contributed by atoms with Crippen molar-refractivity contribution in [2.75, 3.05) is 100.0 Å². The summed E-state index contributed by atoms with van der Waals surface area (Å²) in [5, 5.41) is 61.3. The lowest BCUT2D eigenvalue weighted by Crippen LogP contribution is -2.32. The summed E-state index contributed by atoms with van der Waals surface area (Å²) < 4.78 is 35.5. The van der Waals surface area contributed by atoms with E-state index in [4.69, 9.17) is 28.4 Å². The van der Waals surface area contributed by atoms with Gasteiger partial charge in [0.25, 0.3) is 0 Å². The first kappa shape index (κ1) is 37.0. The van der Waals surface area contributed by atoms with Gasteiger partial charge in [-0.05, 0) is 7.05 Å². The Kier molecular flexibility index (Phi) is 24.3. The standard InChI is InChI=1S/C23H47NO14/c1-24-5-17(25)6-34-9-19(27)10-36-13-21(29)14-38-16-22(30)15-37-12-20(28)11-35-8-18(26)7-33-4-3-23(31)32-2/h17-22,24-30H,3-16H2,1-2H3. The van der Waals surface area contributed by atoms with Crippen LogP contribution < -0.4 is 5.32 Å². The maximum absolute atomic E-state index is 10.9. The Labute approximate surface area is 223 Å². The molecule has 15 nitrogen and oxygen atoms in total. The summed E-state index contributed by atoms with van der Waals surface area (Å²) in [5.41, 5.74) is 0. The minimum atomic E-state index is -0.988. The number of rotatable bonds is 27. The summed E-state index contributed by atoms with van der Waals surface area (Å²) in [6.07, 6.45) is -5.36. The lowest BCUT2D eigenvalue weighted by molar-refractivity contribution is -0.142. The van der Waals surface area contributed by atoms with Crippen molar-refractivity contribution >= 4 is 5.97 Å². The van der Waals surface area contributed by atoms with Gasteiger partial charge in [-0.2, -0.15) is 0 Å². The minimum Gasteiger partial charge on any atom is -0.469 e. The van der Waals surface area contributed by atoms with Gasteiger partial charge in [-0.25, -0.2) is 0 Å². The van der Waals surface area contributed by atoms with Crippen LogP contribution in [0.1, 0.15) is 6.42 Å². The van der Waals surface area contributed by atoms with Crippen LogP contribution in [0.25, 0.3) is 0 Å². The topological polar surface area (TPSA) is 215 Å². The fourth-order valence-corrected chi connectivity index (χ4v) is 2.71. The quantitative estimate of drug-likeness (QED) is 0.0376. The molecule has 0 heterocycles. The number of esters is 1. The Morgan fingerprint density at radius 3 is 1.13 bits per heavy atom. The molecule has 0 rings (SSSR count). The Morgan fingerprint density at radius 2 is 0.842 bits per heavy atom. The van der Waals surface area contributed by atoms with Crippen molar-refractivity contribution in [2.24, 2.45) is 0 Å². The molecule has 38 heavy (non-hydrogen) atoms. The highest BCUT2D eigenvalue weighted by Crippen LogP contribution is 1.97. The monoisotopic (exact) mass is 561 g/mol. The molecule has 15 heteroatoms. The molecule has 0 aliphatic carbocycles. The predicted molar refractivity (Wildman–Crippen MR) is 132 cm³/mol. The summed E-state index contributed by atoms with van der Waals surface area (Å²) >= 11 is 0. The number of methoxy groups -OCH3 is 1. The first-order valence-electron chi connectivity index (χ1n) is 12.4. The van der Waals surface area contributed by atoms with Gasteiger partial charge in [0.1, 0.15) is 30.5 Å². The highest BCUT2D eigenvalue weighted by molar-refractivity contribution is 5.69. The number of carbonyl (C=O) groups is 1. The van der Waals surface area contributed by atoms with E-state index in [9.17, 15) is 35.4 Å². The van der Waals surface area contributed by atoms with Gasteiger partial charge in [0, 0.05) is 6.54 Å². The predicted octanol–water partition coefficient (Wildman–Crippen LogP) is -3.97. The van der Waals surface area contributed by atoms with Crippen LogP contribution in [-0.2, 0) is 38.0 Å². The van der Waals surface area contributed by atoms with E-state index in [2.05, 4.69) is 10.1 Å². The third-order valence-electron chi connectivity index (χ3n) is 4.53. The second kappa shape index (κ2) is 25.0. The first-order chi connectivity index (χ1) is 18.2. The summed E-state index contributed by atoms with van der Waals surface area (Å²) in [6.45, 7) is -0.257. The molecule has 6 atom stereocenters. The molecule has 6 unspecified atom stereocenters. The SMILES string of the molecule is CNCC(O)COCC(O)COCC(O)COCC(O)COCC(O)COCC(O)COCCC(=O)OC. The van der Waals surface area contributed by atoms with E-state index >= 15 is 0 Å². The summed E-state index contributed by atoms with van der Waals surface area (Å²) in [5.74, 6) is -0.410. The fourth-order valence-electron chi connectivity index (χ4n) is 2.71. The molecule has 0 saturated carbocycles. The maximum atomic E-state index is 10.9. The fraction of sp³-hybridized carbons (Fsp3) is 0.957. The number of hydrogen-bond acceptors (Lipinski definition) is 15. The van der Waals surface area contributed by atoms with Crippen LogP contribution >= 0.6 is 0 Å². The molecule has 0 aliphatic heterocycles. The minimum absolute atomic E-state index is 0.0168. The molecule has 0 radical (unpaired) electrons. The van der Waals surface area contributed by atoms with E-state index in [1.165, 1.54) is 7.11 Å². The summed E-state index contributed by atoms with van der Waals surface area (Å²) in [6, 6.07) is 0. The highest BCUT2D eigenvalue weighted by Gasteiger charge is 2.13. The number of aliphatic hydroxyl groups is 6. The maximum Gasteiger partial charge on any atom is 0.307 e. The molecule has 0 aromatic heterocycles. The van der Waals surface area contributed by atoms with Gasteiger partial charge in [0.05, 0.1) is 98.9 Å². The van der Waals surface area contributed by atoms with Crippen molar-refractivity contribution in [1.29, 1.82) is 0 Å². The summed E-state index contributed by atoms with van der Waals surface area (Å²) in [4.78, 5) is 10.9. The van der Waals surface area contributed by atoms with E-state index in [0.29, 0.717) is 6.54 Å². The number of aliphatic hydroxyl groups excluding tert-OH is 6. The van der Waals surface area contributed by atoms with Gasteiger partial charge in [-0.3, -0.25) is 4.79 Å². The van der Waals surface area contributed by atoms with Gasteiger partial charge in [0.2, 0.25) is 0 Å². The molecule has 0 fully saturated rings. The van der Waals surface area contributed by atoms with Gasteiger partial charge in [-0.1, -0.05) is 0 Å². The number of hydrogen-bond donors (Lipinski definition) is 7. The largest absolute Gasteiger partial charge is 0.469 e. The molecule has 0 spiro atoms. The molecule has 0 aliphatic rings. The zero-order chi connectivity index (χ0) is 28.6. The zero-order valence-electron chi connectivity index (χ0n) is 22.3. The molecule has 0 aromatic rings. The molecule has 0 saturated heterocycles. The number of nitrogens with one attached hydrogen (secondary N) is 1. The van der Waals surface area contributed by atoms with Crippen LogP contribution in [0.5, 0.6) is 0 Å². The summed E-state index contributed by atoms with van der Waals surface area (Å²) in [7, 11) is 2.98. The molecule has 228 valence electrons. The Hall–Kier alpha value is -1.05. The highest BCUT2D eigenvalue weighted by atomic mass is 16.5. The Balaban J connectivity index is 3.65. The average molecular weight is 562 g/mol. The number of ether oxygens (including phenoxy) is 7. The number of carbonyl (C=O) groups excluding carboxylic acids is 1.